The van der Waals surface area contributed by atoms with E-state index in [1.54, 1.807) is 0 Å². The van der Waals surface area contributed by atoms with E-state index in [1.807, 2.05) is 30.3 Å². The molecule has 3 rings (SSSR count). The van der Waals surface area contributed by atoms with E-state index in [0.29, 0.717) is 12.6 Å². The number of benzene rings is 3. The lowest BCUT2D eigenvalue weighted by Crippen LogP contribution is -2.24. The molecule has 3 nitrogen and oxygen atoms in total. The first kappa shape index (κ1) is 20.9. The van der Waals surface area contributed by atoms with Crippen LogP contribution in [0.2, 0.25) is 0 Å². The number of rotatable bonds is 11. The molecule has 0 fully saturated rings. The van der Waals surface area contributed by atoms with Gasteiger partial charge in [0.25, 0.3) is 0 Å². The smallest absolute Gasteiger partial charge is 0.119 e. The number of ether oxygens (including phenoxy) is 1. The summed E-state index contributed by atoms with van der Waals surface area (Å²) < 4.78 is 5.88. The summed E-state index contributed by atoms with van der Waals surface area (Å²) >= 11 is 0. The molecule has 1 atom stereocenters. The van der Waals surface area contributed by atoms with Gasteiger partial charge in [-0.2, -0.15) is 0 Å². The maximum atomic E-state index is 5.98. The first-order valence-electron chi connectivity index (χ1n) is 10.6. The molecule has 3 heteroatoms. The zero-order valence-corrected chi connectivity index (χ0v) is 17.3. The van der Waals surface area contributed by atoms with Gasteiger partial charge in [-0.15, -0.1) is 0 Å². The summed E-state index contributed by atoms with van der Waals surface area (Å²) in [6, 6.07) is 27.3. The highest BCUT2D eigenvalue weighted by molar-refractivity contribution is 5.41. The molecular weight excluding hydrogens is 356 g/mol. The minimum atomic E-state index is 0.354. The second kappa shape index (κ2) is 11.3. The summed E-state index contributed by atoms with van der Waals surface area (Å²) in [6.07, 6.45) is 4.53. The van der Waals surface area contributed by atoms with Crippen LogP contribution in [0.25, 0.3) is 0 Å². The van der Waals surface area contributed by atoms with Gasteiger partial charge in [0, 0.05) is 11.7 Å². The van der Waals surface area contributed by atoms with Crippen LogP contribution in [0.3, 0.4) is 0 Å². The topological polar surface area (TPSA) is 47.3 Å². The van der Waals surface area contributed by atoms with Gasteiger partial charge in [-0.25, -0.2) is 0 Å². The van der Waals surface area contributed by atoms with Crippen molar-refractivity contribution in [2.75, 3.05) is 12.3 Å². The molecule has 3 aromatic rings. The van der Waals surface area contributed by atoms with Crippen molar-refractivity contribution in [2.24, 2.45) is 0 Å². The third kappa shape index (κ3) is 6.95. The van der Waals surface area contributed by atoms with Crippen LogP contribution in [0, 0.1) is 0 Å². The normalized spacial score (nSPS) is 11.9. The molecular formula is C26H32N2O. The van der Waals surface area contributed by atoms with Crippen LogP contribution >= 0.6 is 0 Å². The van der Waals surface area contributed by atoms with Crippen LogP contribution < -0.4 is 15.8 Å². The number of anilines is 1. The zero-order chi connectivity index (χ0) is 20.3. The fourth-order valence-electron chi connectivity index (χ4n) is 3.45. The molecule has 0 bridgehead atoms. The molecule has 0 aromatic heterocycles. The maximum Gasteiger partial charge on any atom is 0.119 e. The Labute approximate surface area is 174 Å². The molecule has 0 spiro atoms. The fourth-order valence-corrected chi connectivity index (χ4v) is 3.45. The van der Waals surface area contributed by atoms with Crippen LogP contribution in [-0.4, -0.2) is 6.54 Å². The average Bonchev–Trinajstić information content (AvgIpc) is 2.76. The van der Waals surface area contributed by atoms with E-state index >= 15 is 0 Å². The van der Waals surface area contributed by atoms with Gasteiger partial charge in [0.05, 0.1) is 0 Å². The quantitative estimate of drug-likeness (QED) is 0.401. The first-order valence-corrected chi connectivity index (χ1v) is 10.6. The highest BCUT2D eigenvalue weighted by Crippen LogP contribution is 2.21. The lowest BCUT2D eigenvalue weighted by molar-refractivity contribution is 0.306. The van der Waals surface area contributed by atoms with Crippen LogP contribution in [0.4, 0.5) is 5.69 Å². The Kier molecular flexibility index (Phi) is 8.14. The molecule has 1 unspecified atom stereocenters. The van der Waals surface area contributed by atoms with Crippen molar-refractivity contribution < 1.29 is 4.74 Å². The van der Waals surface area contributed by atoms with Crippen molar-refractivity contribution >= 4 is 5.69 Å². The van der Waals surface area contributed by atoms with E-state index in [1.165, 1.54) is 29.5 Å². The number of nitrogens with one attached hydrogen (secondary N) is 1. The highest BCUT2D eigenvalue weighted by Gasteiger charge is 2.10. The number of nitrogen functional groups attached to an aromatic ring is 1. The van der Waals surface area contributed by atoms with Crippen LogP contribution in [0.15, 0.2) is 78.9 Å². The maximum absolute atomic E-state index is 5.98. The van der Waals surface area contributed by atoms with E-state index in [0.717, 1.165) is 30.8 Å². The van der Waals surface area contributed by atoms with Crippen LogP contribution in [0.5, 0.6) is 5.75 Å². The molecule has 0 radical (unpaired) electrons. The number of hydrogen-bond acceptors (Lipinski definition) is 3. The van der Waals surface area contributed by atoms with E-state index in [9.17, 15) is 0 Å². The minimum Gasteiger partial charge on any atom is -0.489 e. The Morgan fingerprint density at radius 3 is 2.41 bits per heavy atom. The summed E-state index contributed by atoms with van der Waals surface area (Å²) in [4.78, 5) is 0. The predicted molar refractivity (Wildman–Crippen MR) is 122 cm³/mol. The molecule has 0 aliphatic rings. The largest absolute Gasteiger partial charge is 0.489 e. The van der Waals surface area contributed by atoms with E-state index in [4.69, 9.17) is 10.5 Å². The molecule has 0 saturated carbocycles. The molecule has 3 aromatic carbocycles. The SMILES string of the molecule is CCCCC(NCCc1ccc(OCc2ccccc2)cc1)c1cccc(N)c1. The fraction of sp³-hybridized carbons (Fsp3) is 0.308. The van der Waals surface area contributed by atoms with E-state index in [-0.39, 0.29) is 0 Å². The summed E-state index contributed by atoms with van der Waals surface area (Å²) in [5.74, 6) is 0.908. The lowest BCUT2D eigenvalue weighted by atomic mass is 10.00. The molecule has 3 N–H and O–H groups in total. The number of nitrogens with two attached hydrogens (primary N) is 1. The zero-order valence-electron chi connectivity index (χ0n) is 17.3. The summed E-state index contributed by atoms with van der Waals surface area (Å²) in [6.45, 7) is 3.77. The molecule has 0 amide bonds. The second-order valence-electron chi connectivity index (χ2n) is 7.49. The van der Waals surface area contributed by atoms with Crippen molar-refractivity contribution in [1.29, 1.82) is 0 Å². The molecule has 0 aliphatic heterocycles. The lowest BCUT2D eigenvalue weighted by Gasteiger charge is -2.19. The Bertz CT molecular complexity index is 846. The van der Waals surface area contributed by atoms with Gasteiger partial charge in [0.2, 0.25) is 0 Å². The monoisotopic (exact) mass is 388 g/mol. The van der Waals surface area contributed by atoms with Gasteiger partial charge in [0.15, 0.2) is 0 Å². The molecule has 29 heavy (non-hydrogen) atoms. The third-order valence-corrected chi connectivity index (χ3v) is 5.14. The van der Waals surface area contributed by atoms with Crippen LogP contribution in [-0.2, 0) is 13.0 Å². The van der Waals surface area contributed by atoms with Gasteiger partial charge in [-0.05, 0) is 60.3 Å². The Morgan fingerprint density at radius 2 is 1.69 bits per heavy atom. The summed E-state index contributed by atoms with van der Waals surface area (Å²) in [7, 11) is 0. The van der Waals surface area contributed by atoms with E-state index in [2.05, 4.69) is 60.8 Å². The van der Waals surface area contributed by atoms with E-state index < -0.39 is 0 Å². The Balaban J connectivity index is 1.49. The first-order chi connectivity index (χ1) is 14.2. The van der Waals surface area contributed by atoms with Crippen molar-refractivity contribution in [3.63, 3.8) is 0 Å². The predicted octanol–water partition coefficient (Wildman–Crippen LogP) is 5.91. The van der Waals surface area contributed by atoms with Crippen molar-refractivity contribution in [3.05, 3.63) is 95.6 Å². The number of unbranched alkanes of at least 4 members (excludes halogenated alkanes) is 1. The standard InChI is InChI=1S/C26H32N2O/c1-2-3-12-26(23-10-7-11-24(27)19-23)28-18-17-21-13-15-25(16-14-21)29-20-22-8-5-4-6-9-22/h4-11,13-16,19,26,28H,2-3,12,17-18,20,27H2,1H3. The van der Waals surface area contributed by atoms with Crippen molar-refractivity contribution in [1.82, 2.24) is 5.32 Å². The minimum absolute atomic E-state index is 0.354. The molecule has 0 saturated heterocycles. The van der Waals surface area contributed by atoms with Crippen molar-refractivity contribution in [2.45, 2.75) is 45.3 Å². The van der Waals surface area contributed by atoms with Crippen molar-refractivity contribution in [3.8, 4) is 5.75 Å². The second-order valence-corrected chi connectivity index (χ2v) is 7.49. The summed E-state index contributed by atoms with van der Waals surface area (Å²) in [5.41, 5.74) is 10.6. The number of hydrogen-bond donors (Lipinski definition) is 2. The average molecular weight is 389 g/mol. The molecule has 0 aliphatic carbocycles. The third-order valence-electron chi connectivity index (χ3n) is 5.14. The summed E-state index contributed by atoms with van der Waals surface area (Å²) in [5, 5.41) is 3.72. The van der Waals surface area contributed by atoms with Gasteiger partial charge in [0.1, 0.15) is 12.4 Å². The Morgan fingerprint density at radius 1 is 0.897 bits per heavy atom. The Hall–Kier alpha value is -2.78. The molecule has 0 heterocycles. The van der Waals surface area contributed by atoms with Gasteiger partial charge >= 0.3 is 0 Å². The van der Waals surface area contributed by atoms with Gasteiger partial charge in [-0.1, -0.05) is 74.4 Å². The van der Waals surface area contributed by atoms with Crippen LogP contribution in [0.1, 0.15) is 48.9 Å². The van der Waals surface area contributed by atoms with Gasteiger partial charge < -0.3 is 15.8 Å². The molecule has 152 valence electrons. The van der Waals surface area contributed by atoms with Gasteiger partial charge in [-0.3, -0.25) is 0 Å². The highest BCUT2D eigenvalue weighted by atomic mass is 16.5.